The molecule has 0 spiro atoms. The fourth-order valence-corrected chi connectivity index (χ4v) is 1.12. The number of nitrogens with zero attached hydrogens (tertiary/aromatic N) is 3. The van der Waals surface area contributed by atoms with Crippen LogP contribution in [0.1, 0.15) is 12.5 Å². The molecular weight excluding hydrogens is 240 g/mol. The minimum absolute atomic E-state index is 0.0623. The predicted molar refractivity (Wildman–Crippen MR) is 61.8 cm³/mol. The maximum atomic E-state index is 10.8. The van der Waals surface area contributed by atoms with Crippen LogP contribution in [0.5, 0.6) is 0 Å². The van der Waals surface area contributed by atoms with E-state index >= 15 is 0 Å². The number of aromatic nitrogens is 1. The van der Waals surface area contributed by atoms with Crippen LogP contribution in [0.25, 0.3) is 0 Å². The highest BCUT2D eigenvalue weighted by molar-refractivity contribution is 5.58. The second kappa shape index (κ2) is 5.39. The van der Waals surface area contributed by atoms with Crippen molar-refractivity contribution in [2.75, 3.05) is 18.5 Å². The lowest BCUT2D eigenvalue weighted by Gasteiger charge is -2.20. The van der Waals surface area contributed by atoms with E-state index in [1.54, 1.807) is 6.07 Å². The third kappa shape index (κ3) is 3.38. The summed E-state index contributed by atoms with van der Waals surface area (Å²) >= 11 is 0. The van der Waals surface area contributed by atoms with Gasteiger partial charge in [0.1, 0.15) is 11.7 Å². The van der Waals surface area contributed by atoms with Crippen LogP contribution in [0.15, 0.2) is 12.3 Å². The zero-order valence-corrected chi connectivity index (χ0v) is 9.62. The highest BCUT2D eigenvalue weighted by Crippen LogP contribution is 2.22. The molecule has 0 saturated heterocycles. The lowest BCUT2D eigenvalue weighted by Crippen LogP contribution is -2.37. The fraction of sp³-hybridized carbons (Fsp3) is 0.400. The maximum Gasteiger partial charge on any atom is 0.312 e. The zero-order chi connectivity index (χ0) is 13.8. The van der Waals surface area contributed by atoms with Crippen LogP contribution in [-0.4, -0.2) is 38.9 Å². The molecule has 1 heterocycles. The van der Waals surface area contributed by atoms with Crippen LogP contribution < -0.4 is 5.32 Å². The molecular formula is C10H12N4O4. The molecule has 18 heavy (non-hydrogen) atoms. The van der Waals surface area contributed by atoms with Crippen molar-refractivity contribution >= 4 is 11.5 Å². The molecule has 0 aliphatic rings. The van der Waals surface area contributed by atoms with Gasteiger partial charge in [-0.1, -0.05) is 0 Å². The number of hydrogen-bond acceptors (Lipinski definition) is 7. The van der Waals surface area contributed by atoms with E-state index in [2.05, 4.69) is 10.3 Å². The Hall–Kier alpha value is -2.24. The van der Waals surface area contributed by atoms with Crippen molar-refractivity contribution in [2.24, 2.45) is 0 Å². The highest BCUT2D eigenvalue weighted by Gasteiger charge is 2.22. The summed E-state index contributed by atoms with van der Waals surface area (Å²) in [6.45, 7) is 0.767. The van der Waals surface area contributed by atoms with Gasteiger partial charge in [-0.25, -0.2) is 4.98 Å². The van der Waals surface area contributed by atoms with Crippen molar-refractivity contribution in [3.8, 4) is 6.07 Å². The molecule has 0 aromatic carbocycles. The summed E-state index contributed by atoms with van der Waals surface area (Å²) in [5, 5.41) is 40.4. The zero-order valence-electron chi connectivity index (χ0n) is 9.62. The van der Waals surface area contributed by atoms with E-state index in [9.17, 15) is 15.2 Å². The van der Waals surface area contributed by atoms with Crippen LogP contribution in [0, 0.1) is 21.4 Å². The van der Waals surface area contributed by atoms with Crippen LogP contribution in [0.3, 0.4) is 0 Å². The molecule has 1 aromatic rings. The van der Waals surface area contributed by atoms with Crippen LogP contribution in [0.2, 0.25) is 0 Å². The Balaban J connectivity index is 2.96. The van der Waals surface area contributed by atoms with E-state index in [1.807, 2.05) is 0 Å². The first-order valence-electron chi connectivity index (χ1n) is 5.01. The molecule has 0 aliphatic heterocycles. The number of aliphatic hydroxyl groups excluding tert-OH is 1. The monoisotopic (exact) mass is 252 g/mol. The van der Waals surface area contributed by atoms with Gasteiger partial charge in [-0.05, 0) is 6.92 Å². The molecule has 0 amide bonds. The van der Waals surface area contributed by atoms with Crippen molar-refractivity contribution in [3.05, 3.63) is 27.9 Å². The second-order valence-electron chi connectivity index (χ2n) is 3.97. The molecule has 0 bridgehead atoms. The number of hydrogen-bond donors (Lipinski definition) is 3. The minimum atomic E-state index is -1.41. The SMILES string of the molecule is CC(O)(CO)CNc1ncc(C#N)cc1[N+](=O)[O-]. The smallest absolute Gasteiger partial charge is 0.312 e. The summed E-state index contributed by atoms with van der Waals surface area (Å²) in [6, 6.07) is 2.84. The lowest BCUT2D eigenvalue weighted by atomic mass is 10.1. The first kappa shape index (κ1) is 13.8. The molecule has 96 valence electrons. The van der Waals surface area contributed by atoms with Gasteiger partial charge in [-0.2, -0.15) is 5.26 Å². The average molecular weight is 252 g/mol. The third-order valence-electron chi connectivity index (χ3n) is 2.17. The van der Waals surface area contributed by atoms with E-state index in [0.717, 1.165) is 6.07 Å². The topological polar surface area (TPSA) is 132 Å². The summed E-state index contributed by atoms with van der Waals surface area (Å²) < 4.78 is 0. The van der Waals surface area contributed by atoms with Gasteiger partial charge in [-0.15, -0.1) is 0 Å². The maximum absolute atomic E-state index is 10.8. The molecule has 0 saturated carbocycles. The number of aliphatic hydroxyl groups is 2. The van der Waals surface area contributed by atoms with Crippen LogP contribution in [-0.2, 0) is 0 Å². The van der Waals surface area contributed by atoms with Gasteiger partial charge in [0.25, 0.3) is 0 Å². The van der Waals surface area contributed by atoms with Crippen molar-refractivity contribution in [1.29, 1.82) is 5.26 Å². The van der Waals surface area contributed by atoms with E-state index < -0.39 is 17.1 Å². The van der Waals surface area contributed by atoms with Gasteiger partial charge >= 0.3 is 5.69 Å². The Kier molecular flexibility index (Phi) is 4.14. The van der Waals surface area contributed by atoms with Crippen molar-refractivity contribution in [3.63, 3.8) is 0 Å². The number of nitrogens with one attached hydrogen (secondary N) is 1. The largest absolute Gasteiger partial charge is 0.393 e. The minimum Gasteiger partial charge on any atom is -0.393 e. The summed E-state index contributed by atoms with van der Waals surface area (Å²) in [5.41, 5.74) is -1.70. The lowest BCUT2D eigenvalue weighted by molar-refractivity contribution is -0.384. The van der Waals surface area contributed by atoms with E-state index in [0.29, 0.717) is 0 Å². The fourth-order valence-electron chi connectivity index (χ4n) is 1.12. The number of pyridine rings is 1. The number of nitro groups is 1. The van der Waals surface area contributed by atoms with Gasteiger partial charge < -0.3 is 15.5 Å². The van der Waals surface area contributed by atoms with Crippen LogP contribution in [0.4, 0.5) is 11.5 Å². The Bertz CT molecular complexity index is 495. The van der Waals surface area contributed by atoms with Crippen molar-refractivity contribution in [2.45, 2.75) is 12.5 Å². The van der Waals surface area contributed by atoms with Gasteiger partial charge in [0.15, 0.2) is 0 Å². The normalized spacial score (nSPS) is 13.4. The molecule has 8 heteroatoms. The molecule has 1 rings (SSSR count). The second-order valence-corrected chi connectivity index (χ2v) is 3.97. The molecule has 8 nitrogen and oxygen atoms in total. The molecule has 0 radical (unpaired) electrons. The first-order chi connectivity index (χ1) is 8.39. The van der Waals surface area contributed by atoms with Gasteiger partial charge in [-0.3, -0.25) is 10.1 Å². The summed E-state index contributed by atoms with van der Waals surface area (Å²) in [7, 11) is 0. The number of nitriles is 1. The molecule has 1 atom stereocenters. The Labute approximate surface area is 103 Å². The predicted octanol–water partition coefficient (Wildman–Crippen LogP) is 0.0167. The highest BCUT2D eigenvalue weighted by atomic mass is 16.6. The average Bonchev–Trinajstić information content (AvgIpc) is 2.36. The quantitative estimate of drug-likeness (QED) is 0.496. The van der Waals surface area contributed by atoms with Gasteiger partial charge in [0, 0.05) is 18.8 Å². The Morgan fingerprint density at radius 2 is 2.39 bits per heavy atom. The third-order valence-corrected chi connectivity index (χ3v) is 2.17. The first-order valence-corrected chi connectivity index (χ1v) is 5.01. The summed E-state index contributed by atoms with van der Waals surface area (Å²) in [5.74, 6) is -0.0623. The molecule has 0 aliphatic carbocycles. The molecule has 0 fully saturated rings. The molecule has 1 aromatic heterocycles. The number of anilines is 1. The van der Waals surface area contributed by atoms with Crippen molar-refractivity contribution in [1.82, 2.24) is 4.98 Å². The van der Waals surface area contributed by atoms with E-state index in [1.165, 1.54) is 13.1 Å². The van der Waals surface area contributed by atoms with E-state index in [-0.39, 0.29) is 23.6 Å². The summed E-state index contributed by atoms with van der Waals surface area (Å²) in [4.78, 5) is 13.9. The number of rotatable bonds is 5. The standard InChI is InChI=1S/C10H12N4O4/c1-10(16,6-15)5-13-9-8(14(17)18)2-7(3-11)4-12-9/h2,4,15-16H,5-6H2,1H3,(H,12,13). The van der Waals surface area contributed by atoms with E-state index in [4.69, 9.17) is 10.4 Å². The van der Waals surface area contributed by atoms with Crippen molar-refractivity contribution < 1.29 is 15.1 Å². The van der Waals surface area contributed by atoms with Gasteiger partial charge in [0.05, 0.1) is 17.1 Å². The van der Waals surface area contributed by atoms with Crippen LogP contribution >= 0.6 is 0 Å². The molecule has 3 N–H and O–H groups in total. The Morgan fingerprint density at radius 3 is 2.89 bits per heavy atom. The van der Waals surface area contributed by atoms with Gasteiger partial charge in [0.2, 0.25) is 5.82 Å². The Morgan fingerprint density at radius 1 is 1.72 bits per heavy atom. The molecule has 1 unspecified atom stereocenters. The summed E-state index contributed by atoms with van der Waals surface area (Å²) in [6.07, 6.45) is 1.18.